The lowest BCUT2D eigenvalue weighted by atomic mass is 10.0. The molecule has 122 valence electrons. The molecule has 2 amide bonds. The molecule has 0 aliphatic carbocycles. The van der Waals surface area contributed by atoms with E-state index in [9.17, 15) is 4.79 Å². The zero-order chi connectivity index (χ0) is 16.5. The van der Waals surface area contributed by atoms with Crippen molar-refractivity contribution in [2.45, 2.75) is 19.5 Å². The number of fused-ring (bicyclic) bond motifs is 2. The van der Waals surface area contributed by atoms with Gasteiger partial charge in [-0.1, -0.05) is 35.9 Å². The van der Waals surface area contributed by atoms with Crippen molar-refractivity contribution >= 4 is 23.3 Å². The van der Waals surface area contributed by atoms with E-state index >= 15 is 0 Å². The fraction of sp³-hybridized carbons (Fsp3) is 0.222. The number of nitrogens with zero attached hydrogens (tertiary/aromatic N) is 3. The lowest BCUT2D eigenvalue weighted by Crippen LogP contribution is -2.42. The molecule has 3 aromatic rings. The highest BCUT2D eigenvalue weighted by molar-refractivity contribution is 6.30. The molecule has 6 heteroatoms. The molecule has 0 saturated carbocycles. The van der Waals surface area contributed by atoms with E-state index in [4.69, 9.17) is 11.6 Å². The smallest absolute Gasteiger partial charge is 0.318 e. The third-order valence-corrected chi connectivity index (χ3v) is 4.53. The Morgan fingerprint density at radius 2 is 2.00 bits per heavy atom. The van der Waals surface area contributed by atoms with Crippen LogP contribution < -0.4 is 5.32 Å². The van der Waals surface area contributed by atoms with Gasteiger partial charge in [-0.2, -0.15) is 0 Å². The summed E-state index contributed by atoms with van der Waals surface area (Å²) in [4.78, 5) is 18.7. The van der Waals surface area contributed by atoms with E-state index in [2.05, 4.69) is 22.4 Å². The third kappa shape index (κ3) is 2.95. The summed E-state index contributed by atoms with van der Waals surface area (Å²) < 4.78 is 1.86. The summed E-state index contributed by atoms with van der Waals surface area (Å²) in [5, 5.41) is 3.61. The van der Waals surface area contributed by atoms with Gasteiger partial charge in [-0.25, -0.2) is 9.78 Å². The van der Waals surface area contributed by atoms with E-state index in [1.807, 2.05) is 33.7 Å². The average molecular weight is 341 g/mol. The third-order valence-electron chi connectivity index (χ3n) is 4.30. The van der Waals surface area contributed by atoms with Gasteiger partial charge >= 0.3 is 6.03 Å². The number of amides is 2. The Bertz CT molecular complexity index is 905. The number of benzene rings is 1. The molecule has 0 saturated heterocycles. The van der Waals surface area contributed by atoms with Crippen LogP contribution in [0.25, 0.3) is 5.65 Å². The number of pyridine rings is 1. The quantitative estimate of drug-likeness (QED) is 0.778. The standard InChI is InChI=1S/C18H17ClN4O/c19-15-5-6-17-21-16(12-23(17)11-15)9-20-18(24)22-8-7-13-3-1-2-4-14(13)10-22/h1-6,11-12H,7-10H2,(H,20,24). The summed E-state index contributed by atoms with van der Waals surface area (Å²) in [5.74, 6) is 0. The van der Waals surface area contributed by atoms with Crippen LogP contribution in [0, 0.1) is 0 Å². The first-order valence-corrected chi connectivity index (χ1v) is 8.29. The number of carbonyl (C=O) groups is 1. The molecule has 5 nitrogen and oxygen atoms in total. The molecular weight excluding hydrogens is 324 g/mol. The molecule has 0 unspecified atom stereocenters. The van der Waals surface area contributed by atoms with Gasteiger partial charge in [0.25, 0.3) is 0 Å². The van der Waals surface area contributed by atoms with Crippen molar-refractivity contribution < 1.29 is 4.79 Å². The van der Waals surface area contributed by atoms with Crippen LogP contribution in [0.15, 0.2) is 48.8 Å². The minimum atomic E-state index is -0.0559. The lowest BCUT2D eigenvalue weighted by Gasteiger charge is -2.28. The highest BCUT2D eigenvalue weighted by Gasteiger charge is 2.20. The largest absolute Gasteiger partial charge is 0.332 e. The fourth-order valence-electron chi connectivity index (χ4n) is 3.05. The molecule has 0 spiro atoms. The van der Waals surface area contributed by atoms with Crippen LogP contribution in [0.3, 0.4) is 0 Å². The average Bonchev–Trinajstić information content (AvgIpc) is 3.01. The van der Waals surface area contributed by atoms with Gasteiger partial charge in [-0.3, -0.25) is 0 Å². The van der Waals surface area contributed by atoms with E-state index in [0.717, 1.165) is 24.3 Å². The molecule has 1 aromatic carbocycles. The van der Waals surface area contributed by atoms with Crippen molar-refractivity contribution in [1.82, 2.24) is 19.6 Å². The lowest BCUT2D eigenvalue weighted by molar-refractivity contribution is 0.192. The summed E-state index contributed by atoms with van der Waals surface area (Å²) in [6, 6.07) is 11.9. The Balaban J connectivity index is 1.41. The van der Waals surface area contributed by atoms with E-state index < -0.39 is 0 Å². The molecule has 4 rings (SSSR count). The number of aromatic nitrogens is 2. The number of nitrogens with one attached hydrogen (secondary N) is 1. The second-order valence-electron chi connectivity index (χ2n) is 5.94. The maximum Gasteiger partial charge on any atom is 0.318 e. The maximum atomic E-state index is 12.4. The van der Waals surface area contributed by atoms with Gasteiger partial charge in [0.2, 0.25) is 0 Å². The van der Waals surface area contributed by atoms with Crippen molar-refractivity contribution in [3.05, 3.63) is 70.6 Å². The summed E-state index contributed by atoms with van der Waals surface area (Å²) in [6.45, 7) is 1.79. The number of carbonyl (C=O) groups excluding carboxylic acids is 1. The summed E-state index contributed by atoms with van der Waals surface area (Å²) in [6.07, 6.45) is 4.58. The number of imidazole rings is 1. The van der Waals surface area contributed by atoms with Gasteiger partial charge in [-0.15, -0.1) is 0 Å². The Morgan fingerprint density at radius 1 is 1.17 bits per heavy atom. The van der Waals surface area contributed by atoms with Crippen LogP contribution in [0.2, 0.25) is 5.02 Å². The first-order valence-electron chi connectivity index (χ1n) is 7.92. The molecule has 1 aliphatic rings. The highest BCUT2D eigenvalue weighted by atomic mass is 35.5. The van der Waals surface area contributed by atoms with Crippen molar-refractivity contribution in [1.29, 1.82) is 0 Å². The minimum Gasteiger partial charge on any atom is -0.332 e. The molecule has 0 radical (unpaired) electrons. The highest BCUT2D eigenvalue weighted by Crippen LogP contribution is 2.18. The number of hydrogen-bond acceptors (Lipinski definition) is 2. The van der Waals surface area contributed by atoms with E-state index in [0.29, 0.717) is 18.1 Å². The Labute approximate surface area is 144 Å². The van der Waals surface area contributed by atoms with Crippen LogP contribution in [-0.4, -0.2) is 26.9 Å². The van der Waals surface area contributed by atoms with E-state index in [-0.39, 0.29) is 6.03 Å². The second kappa shape index (κ2) is 6.17. The molecule has 24 heavy (non-hydrogen) atoms. The second-order valence-corrected chi connectivity index (χ2v) is 6.38. The Hall–Kier alpha value is -2.53. The molecule has 3 heterocycles. The van der Waals surface area contributed by atoms with Gasteiger partial charge in [0.15, 0.2) is 0 Å². The monoisotopic (exact) mass is 340 g/mol. The van der Waals surface area contributed by atoms with Gasteiger partial charge in [0, 0.05) is 25.5 Å². The number of rotatable bonds is 2. The zero-order valence-electron chi connectivity index (χ0n) is 13.1. The van der Waals surface area contributed by atoms with Crippen molar-refractivity contribution in [3.8, 4) is 0 Å². The van der Waals surface area contributed by atoms with Crippen LogP contribution in [0.1, 0.15) is 16.8 Å². The molecule has 1 aliphatic heterocycles. The zero-order valence-corrected chi connectivity index (χ0v) is 13.8. The number of hydrogen-bond donors (Lipinski definition) is 1. The van der Waals surface area contributed by atoms with Crippen LogP contribution in [-0.2, 0) is 19.5 Å². The Morgan fingerprint density at radius 3 is 2.88 bits per heavy atom. The molecule has 0 atom stereocenters. The van der Waals surface area contributed by atoms with Gasteiger partial charge < -0.3 is 14.6 Å². The Kier molecular flexibility index (Phi) is 3.86. The maximum absolute atomic E-state index is 12.4. The summed E-state index contributed by atoms with van der Waals surface area (Å²) in [5.41, 5.74) is 4.18. The minimum absolute atomic E-state index is 0.0559. The predicted molar refractivity (Wildman–Crippen MR) is 93.0 cm³/mol. The van der Waals surface area contributed by atoms with E-state index in [1.54, 1.807) is 12.3 Å². The fourth-order valence-corrected chi connectivity index (χ4v) is 3.22. The van der Waals surface area contributed by atoms with Crippen LogP contribution in [0.4, 0.5) is 4.79 Å². The first kappa shape index (κ1) is 15.0. The van der Waals surface area contributed by atoms with Crippen molar-refractivity contribution in [2.75, 3.05) is 6.54 Å². The van der Waals surface area contributed by atoms with Crippen LogP contribution in [0.5, 0.6) is 0 Å². The van der Waals surface area contributed by atoms with E-state index in [1.165, 1.54) is 11.1 Å². The van der Waals surface area contributed by atoms with Gasteiger partial charge in [0.05, 0.1) is 17.3 Å². The number of urea groups is 1. The van der Waals surface area contributed by atoms with Crippen molar-refractivity contribution in [2.24, 2.45) is 0 Å². The summed E-state index contributed by atoms with van der Waals surface area (Å²) in [7, 11) is 0. The van der Waals surface area contributed by atoms with Crippen LogP contribution >= 0.6 is 11.6 Å². The molecule has 2 aromatic heterocycles. The van der Waals surface area contributed by atoms with Gasteiger partial charge in [0.1, 0.15) is 5.65 Å². The topological polar surface area (TPSA) is 49.6 Å². The molecule has 0 fully saturated rings. The normalized spacial score (nSPS) is 13.8. The van der Waals surface area contributed by atoms with Crippen molar-refractivity contribution in [3.63, 3.8) is 0 Å². The molecular formula is C18H17ClN4O. The molecule has 1 N–H and O–H groups in total. The predicted octanol–water partition coefficient (Wildman–Crippen LogP) is 3.26. The van der Waals surface area contributed by atoms with Gasteiger partial charge in [-0.05, 0) is 29.7 Å². The SMILES string of the molecule is O=C(NCc1cn2cc(Cl)ccc2n1)N1CCc2ccccc2C1. The summed E-state index contributed by atoms with van der Waals surface area (Å²) >= 11 is 5.97. The number of halogens is 1. The molecule has 0 bridgehead atoms. The first-order chi connectivity index (χ1) is 11.7.